The maximum atomic E-state index is 12.9. The highest BCUT2D eigenvalue weighted by molar-refractivity contribution is 5.79. The molecule has 0 saturated carbocycles. The Morgan fingerprint density at radius 2 is 1.38 bits per heavy atom. The van der Waals surface area contributed by atoms with E-state index in [9.17, 15) is 4.39 Å². The normalized spacial score (nSPS) is 15.9. The molecule has 1 atom stereocenters. The van der Waals surface area contributed by atoms with Gasteiger partial charge in [0.05, 0.1) is 6.42 Å². The van der Waals surface area contributed by atoms with Crippen molar-refractivity contribution in [1.29, 1.82) is 0 Å². The maximum Gasteiger partial charge on any atom is 0.235 e. The number of halogens is 1. The van der Waals surface area contributed by atoms with Crippen molar-refractivity contribution >= 4 is 5.90 Å². The van der Waals surface area contributed by atoms with Crippen LogP contribution < -0.4 is 9.47 Å². The molecule has 4 nitrogen and oxygen atoms in total. The van der Waals surface area contributed by atoms with Crippen molar-refractivity contribution in [2.45, 2.75) is 12.5 Å². The molecule has 3 aromatic carbocycles. The van der Waals surface area contributed by atoms with Gasteiger partial charge < -0.3 is 14.3 Å². The van der Waals surface area contributed by atoms with Gasteiger partial charge in [0.15, 0.2) is 6.10 Å². The molecule has 0 unspecified atom stereocenters. The molecule has 1 aliphatic heterocycles. The van der Waals surface area contributed by atoms with Gasteiger partial charge in [-0.05, 0) is 54.1 Å². The highest BCUT2D eigenvalue weighted by atomic mass is 19.1. The number of rotatable bonds is 4. The van der Waals surface area contributed by atoms with Crippen LogP contribution in [0.25, 0.3) is 0 Å². The van der Waals surface area contributed by atoms with Gasteiger partial charge in [0.1, 0.15) is 23.1 Å². The lowest BCUT2D eigenvalue weighted by Gasteiger charge is -2.10. The van der Waals surface area contributed by atoms with Crippen LogP contribution in [0.2, 0.25) is 0 Å². The van der Waals surface area contributed by atoms with Crippen LogP contribution in [0.3, 0.4) is 0 Å². The standard InChI is InChI=1S/C21H16FNO3/c22-16-8-12-19(13-9-16)25-21-14-20(26-23-21)15-6-10-18(11-7-15)24-17-4-2-1-3-5-17/h1-13,20H,14H2/t20-/m1/s1. The van der Waals surface area contributed by atoms with Gasteiger partial charge >= 0.3 is 0 Å². The predicted molar refractivity (Wildman–Crippen MR) is 95.9 cm³/mol. The zero-order chi connectivity index (χ0) is 17.8. The summed E-state index contributed by atoms with van der Waals surface area (Å²) in [5, 5.41) is 3.97. The third-order valence-corrected chi connectivity index (χ3v) is 3.92. The summed E-state index contributed by atoms with van der Waals surface area (Å²) in [6, 6.07) is 23.1. The van der Waals surface area contributed by atoms with E-state index in [1.54, 1.807) is 12.1 Å². The molecule has 130 valence electrons. The molecule has 0 spiro atoms. The fourth-order valence-corrected chi connectivity index (χ4v) is 2.61. The van der Waals surface area contributed by atoms with Gasteiger partial charge in [0.2, 0.25) is 5.90 Å². The highest BCUT2D eigenvalue weighted by Gasteiger charge is 2.24. The maximum absolute atomic E-state index is 12.9. The first-order valence-electron chi connectivity index (χ1n) is 8.25. The van der Waals surface area contributed by atoms with Crippen LogP contribution >= 0.6 is 0 Å². The van der Waals surface area contributed by atoms with Crippen molar-refractivity contribution in [1.82, 2.24) is 0 Å². The number of benzene rings is 3. The molecule has 0 saturated heterocycles. The molecular weight excluding hydrogens is 333 g/mol. The summed E-state index contributed by atoms with van der Waals surface area (Å²) in [6.07, 6.45) is 0.298. The number of hydrogen-bond acceptors (Lipinski definition) is 4. The Morgan fingerprint density at radius 1 is 0.769 bits per heavy atom. The van der Waals surface area contributed by atoms with E-state index in [1.807, 2.05) is 54.6 Å². The SMILES string of the molecule is Fc1ccc(OC2=NO[C@@H](c3ccc(Oc4ccccc4)cc3)C2)cc1. The average molecular weight is 349 g/mol. The van der Waals surface area contributed by atoms with Crippen molar-refractivity contribution in [2.24, 2.45) is 5.16 Å². The van der Waals surface area contributed by atoms with E-state index in [0.29, 0.717) is 18.1 Å². The minimum atomic E-state index is -0.308. The van der Waals surface area contributed by atoms with Crippen LogP contribution in [0.1, 0.15) is 18.1 Å². The Labute approximate surface area is 150 Å². The number of ether oxygens (including phenoxy) is 2. The summed E-state index contributed by atoms with van der Waals surface area (Å²) >= 11 is 0. The first kappa shape index (κ1) is 16.1. The molecule has 3 aromatic rings. The zero-order valence-electron chi connectivity index (χ0n) is 13.8. The van der Waals surface area contributed by atoms with Crippen LogP contribution in [0, 0.1) is 5.82 Å². The lowest BCUT2D eigenvalue weighted by molar-refractivity contribution is 0.0855. The minimum absolute atomic E-state index is 0.212. The second kappa shape index (κ2) is 7.27. The van der Waals surface area contributed by atoms with E-state index in [1.165, 1.54) is 12.1 Å². The molecule has 0 aromatic heterocycles. The molecule has 0 aliphatic carbocycles. The smallest absolute Gasteiger partial charge is 0.235 e. The van der Waals surface area contributed by atoms with Gasteiger partial charge in [-0.3, -0.25) is 0 Å². The Kier molecular flexibility index (Phi) is 4.51. The first-order chi connectivity index (χ1) is 12.8. The zero-order valence-corrected chi connectivity index (χ0v) is 13.8. The molecule has 0 amide bonds. The molecule has 0 fully saturated rings. The molecule has 4 rings (SSSR count). The summed E-state index contributed by atoms with van der Waals surface area (Å²) in [4.78, 5) is 5.45. The molecule has 26 heavy (non-hydrogen) atoms. The van der Waals surface area contributed by atoms with Gasteiger partial charge in [-0.15, -0.1) is 0 Å². The Balaban J connectivity index is 1.36. The van der Waals surface area contributed by atoms with Crippen molar-refractivity contribution in [3.8, 4) is 17.2 Å². The van der Waals surface area contributed by atoms with E-state index >= 15 is 0 Å². The number of nitrogens with zero attached hydrogens (tertiary/aromatic N) is 1. The monoisotopic (exact) mass is 349 g/mol. The van der Waals surface area contributed by atoms with E-state index in [-0.39, 0.29) is 11.9 Å². The van der Waals surface area contributed by atoms with Crippen LogP contribution in [-0.2, 0) is 4.84 Å². The average Bonchev–Trinajstić information content (AvgIpc) is 3.14. The van der Waals surface area contributed by atoms with Crippen molar-refractivity contribution < 1.29 is 18.7 Å². The quantitative estimate of drug-likeness (QED) is 0.627. The van der Waals surface area contributed by atoms with Crippen LogP contribution in [0.15, 0.2) is 84.0 Å². The lowest BCUT2D eigenvalue weighted by atomic mass is 10.1. The summed E-state index contributed by atoms with van der Waals surface area (Å²) < 4.78 is 24.3. The van der Waals surface area contributed by atoms with Crippen molar-refractivity contribution in [3.63, 3.8) is 0 Å². The van der Waals surface area contributed by atoms with E-state index in [0.717, 1.165) is 17.1 Å². The van der Waals surface area contributed by atoms with E-state index in [4.69, 9.17) is 14.3 Å². The number of oxime groups is 1. The van der Waals surface area contributed by atoms with Gasteiger partial charge in [-0.2, -0.15) is 0 Å². The highest BCUT2D eigenvalue weighted by Crippen LogP contribution is 2.30. The fraction of sp³-hybridized carbons (Fsp3) is 0.0952. The van der Waals surface area contributed by atoms with E-state index < -0.39 is 0 Å². The first-order valence-corrected chi connectivity index (χ1v) is 8.25. The van der Waals surface area contributed by atoms with Crippen molar-refractivity contribution in [2.75, 3.05) is 0 Å². The van der Waals surface area contributed by atoms with Crippen LogP contribution in [0.4, 0.5) is 4.39 Å². The van der Waals surface area contributed by atoms with Crippen molar-refractivity contribution in [3.05, 3.63) is 90.2 Å². The Hall–Kier alpha value is -3.34. The Morgan fingerprint density at radius 3 is 2.12 bits per heavy atom. The predicted octanol–water partition coefficient (Wildman–Crippen LogP) is 5.47. The molecule has 0 bridgehead atoms. The number of hydrogen-bond donors (Lipinski definition) is 0. The van der Waals surface area contributed by atoms with Crippen LogP contribution in [0.5, 0.6) is 17.2 Å². The summed E-state index contributed by atoms with van der Waals surface area (Å²) in [5.41, 5.74) is 0.979. The summed E-state index contributed by atoms with van der Waals surface area (Å²) in [7, 11) is 0. The molecule has 1 heterocycles. The molecule has 0 N–H and O–H groups in total. The van der Waals surface area contributed by atoms with Gasteiger partial charge in [0, 0.05) is 0 Å². The molecule has 5 heteroatoms. The minimum Gasteiger partial charge on any atom is -0.457 e. The lowest BCUT2D eigenvalue weighted by Crippen LogP contribution is -2.07. The summed E-state index contributed by atoms with van der Waals surface area (Å²) in [6.45, 7) is 0. The van der Waals surface area contributed by atoms with Gasteiger partial charge in [0.25, 0.3) is 0 Å². The third-order valence-electron chi connectivity index (χ3n) is 3.92. The topological polar surface area (TPSA) is 40.0 Å². The van der Waals surface area contributed by atoms with Gasteiger partial charge in [-0.25, -0.2) is 4.39 Å². The van der Waals surface area contributed by atoms with E-state index in [2.05, 4.69) is 5.16 Å². The second-order valence-corrected chi connectivity index (χ2v) is 5.82. The number of para-hydroxylation sites is 1. The molecular formula is C21H16FNO3. The Bertz CT molecular complexity index is 893. The third kappa shape index (κ3) is 3.83. The largest absolute Gasteiger partial charge is 0.457 e. The van der Waals surface area contributed by atoms with Gasteiger partial charge in [-0.1, -0.05) is 35.5 Å². The van der Waals surface area contributed by atoms with Crippen LogP contribution in [-0.4, -0.2) is 5.90 Å². The second-order valence-electron chi connectivity index (χ2n) is 5.82. The molecule has 0 radical (unpaired) electrons. The molecule has 1 aliphatic rings. The fourth-order valence-electron chi connectivity index (χ4n) is 2.61. The summed E-state index contributed by atoms with van der Waals surface area (Å²) in [5.74, 6) is 2.22.